The molecule has 1 saturated heterocycles. The van der Waals surface area contributed by atoms with Crippen LogP contribution in [0.3, 0.4) is 0 Å². The molecule has 3 aromatic rings. The molecule has 4 heterocycles. The van der Waals surface area contributed by atoms with E-state index in [1.54, 1.807) is 15.4 Å². The lowest BCUT2D eigenvalue weighted by molar-refractivity contribution is -0.135. The number of aryl methyl sites for hydroxylation is 1. The van der Waals surface area contributed by atoms with Gasteiger partial charge in [-0.1, -0.05) is 13.8 Å². The maximum atomic E-state index is 12.3. The number of carbonyl (C=O) groups excluding carboxylic acids is 1. The number of fused-ring (bicyclic) bond motifs is 1. The van der Waals surface area contributed by atoms with Gasteiger partial charge >= 0.3 is 0 Å². The molecule has 8 nitrogen and oxygen atoms in total. The van der Waals surface area contributed by atoms with Gasteiger partial charge in [-0.25, -0.2) is 4.98 Å². The molecule has 0 aromatic carbocycles. The summed E-state index contributed by atoms with van der Waals surface area (Å²) in [6, 6.07) is 0. The van der Waals surface area contributed by atoms with E-state index in [4.69, 9.17) is 10.7 Å². The van der Waals surface area contributed by atoms with Gasteiger partial charge in [-0.15, -0.1) is 0 Å². The molecule has 28 heavy (non-hydrogen) atoms. The van der Waals surface area contributed by atoms with Gasteiger partial charge in [0.15, 0.2) is 5.65 Å². The number of rotatable bonds is 3. The molecule has 0 spiro atoms. The topological polar surface area (TPSA) is 94.3 Å². The number of nitrogens with two attached hydrogens (primary N) is 1. The molecular weight excluding hydrogens is 354 g/mol. The monoisotopic (exact) mass is 381 g/mol. The molecule has 8 heteroatoms. The Balaban J connectivity index is 1.68. The van der Waals surface area contributed by atoms with Crippen LogP contribution in [0.25, 0.3) is 16.8 Å². The first-order valence-corrected chi connectivity index (χ1v) is 9.78. The number of hydrogen-bond acceptors (Lipinski definition) is 5. The number of piperidine rings is 1. The van der Waals surface area contributed by atoms with Crippen LogP contribution in [0.2, 0.25) is 0 Å². The maximum Gasteiger partial charge on any atom is 0.225 e. The van der Waals surface area contributed by atoms with Crippen molar-refractivity contribution in [2.75, 3.05) is 18.8 Å². The molecule has 0 unspecified atom stereocenters. The maximum absolute atomic E-state index is 12.3. The number of nitrogens with zero attached hydrogens (tertiary/aromatic N) is 6. The van der Waals surface area contributed by atoms with Gasteiger partial charge in [0.1, 0.15) is 5.82 Å². The molecule has 148 valence electrons. The summed E-state index contributed by atoms with van der Waals surface area (Å²) in [5, 5.41) is 8.70. The molecule has 0 bridgehead atoms. The molecule has 0 saturated carbocycles. The highest BCUT2D eigenvalue weighted by atomic mass is 16.2. The summed E-state index contributed by atoms with van der Waals surface area (Å²) in [6.07, 6.45) is 7.36. The Morgan fingerprint density at radius 3 is 2.54 bits per heavy atom. The molecule has 0 atom stereocenters. The van der Waals surface area contributed by atoms with E-state index in [0.29, 0.717) is 11.7 Å². The normalized spacial score (nSPS) is 15.7. The van der Waals surface area contributed by atoms with E-state index in [1.807, 2.05) is 45.1 Å². The Hall–Kier alpha value is -2.90. The fourth-order valence-electron chi connectivity index (χ4n) is 4.01. The van der Waals surface area contributed by atoms with Gasteiger partial charge in [-0.05, 0) is 19.8 Å². The first-order valence-electron chi connectivity index (χ1n) is 9.78. The van der Waals surface area contributed by atoms with Crippen LogP contribution in [-0.2, 0) is 11.8 Å². The fourth-order valence-corrected chi connectivity index (χ4v) is 4.01. The zero-order valence-electron chi connectivity index (χ0n) is 16.9. The van der Waals surface area contributed by atoms with E-state index < -0.39 is 0 Å². The van der Waals surface area contributed by atoms with E-state index in [2.05, 4.69) is 10.2 Å². The number of aromatic nitrogens is 5. The van der Waals surface area contributed by atoms with Crippen molar-refractivity contribution >= 4 is 17.4 Å². The molecular formula is C20H27N7O. The smallest absolute Gasteiger partial charge is 0.225 e. The molecule has 3 aromatic heterocycles. The minimum Gasteiger partial charge on any atom is -0.383 e. The van der Waals surface area contributed by atoms with Crippen LogP contribution in [0.4, 0.5) is 5.82 Å². The summed E-state index contributed by atoms with van der Waals surface area (Å²) < 4.78 is 3.47. The van der Waals surface area contributed by atoms with Crippen LogP contribution < -0.4 is 5.73 Å². The highest BCUT2D eigenvalue weighted by Crippen LogP contribution is 2.34. The molecule has 1 aliphatic rings. The van der Waals surface area contributed by atoms with Gasteiger partial charge in [0.05, 0.1) is 18.1 Å². The summed E-state index contributed by atoms with van der Waals surface area (Å²) in [5.41, 5.74) is 11.1. The van der Waals surface area contributed by atoms with Crippen molar-refractivity contribution in [1.82, 2.24) is 29.3 Å². The molecule has 0 aliphatic carbocycles. The second kappa shape index (κ2) is 6.92. The number of anilines is 1. The van der Waals surface area contributed by atoms with Crippen molar-refractivity contribution in [3.05, 3.63) is 29.8 Å². The summed E-state index contributed by atoms with van der Waals surface area (Å²) >= 11 is 0. The van der Waals surface area contributed by atoms with E-state index in [0.717, 1.165) is 54.0 Å². The predicted octanol–water partition coefficient (Wildman–Crippen LogP) is 2.38. The predicted molar refractivity (Wildman–Crippen MR) is 108 cm³/mol. The van der Waals surface area contributed by atoms with Crippen molar-refractivity contribution < 1.29 is 4.79 Å². The Labute approximate surface area is 164 Å². The SMILES string of the molecule is Cc1c(C2CCN(C(=O)C(C)C)CC2)nc2c(-c3cnn(C)c3)cnn2c1N. The van der Waals surface area contributed by atoms with Crippen LogP contribution in [0.1, 0.15) is 43.9 Å². The highest BCUT2D eigenvalue weighted by molar-refractivity contribution is 5.79. The number of carbonyl (C=O) groups is 1. The number of amides is 1. The summed E-state index contributed by atoms with van der Waals surface area (Å²) in [6.45, 7) is 7.45. The van der Waals surface area contributed by atoms with Gasteiger partial charge in [-0.2, -0.15) is 14.7 Å². The summed E-state index contributed by atoms with van der Waals surface area (Å²) in [4.78, 5) is 19.2. The van der Waals surface area contributed by atoms with Gasteiger partial charge in [0, 0.05) is 54.9 Å². The third-order valence-electron chi connectivity index (χ3n) is 5.67. The lowest BCUT2D eigenvalue weighted by Crippen LogP contribution is -2.40. The molecule has 1 aliphatic heterocycles. The van der Waals surface area contributed by atoms with Gasteiger partial charge in [0.2, 0.25) is 5.91 Å². The third kappa shape index (κ3) is 3.02. The van der Waals surface area contributed by atoms with Crippen LogP contribution in [-0.4, -0.2) is 48.3 Å². The zero-order valence-corrected chi connectivity index (χ0v) is 16.9. The van der Waals surface area contributed by atoms with Crippen molar-refractivity contribution in [1.29, 1.82) is 0 Å². The minimum atomic E-state index is 0.0391. The summed E-state index contributed by atoms with van der Waals surface area (Å²) in [5.74, 6) is 1.18. The molecule has 4 rings (SSSR count). The Morgan fingerprint density at radius 1 is 1.21 bits per heavy atom. The van der Waals surface area contributed by atoms with Crippen LogP contribution in [0.5, 0.6) is 0 Å². The minimum absolute atomic E-state index is 0.0391. The summed E-state index contributed by atoms with van der Waals surface area (Å²) in [7, 11) is 1.89. The Bertz CT molecular complexity index is 1020. The Morgan fingerprint density at radius 2 is 1.93 bits per heavy atom. The molecule has 0 radical (unpaired) electrons. The molecule has 1 amide bonds. The first-order chi connectivity index (χ1) is 13.4. The third-order valence-corrected chi connectivity index (χ3v) is 5.67. The van der Waals surface area contributed by atoms with Crippen LogP contribution in [0, 0.1) is 12.8 Å². The van der Waals surface area contributed by atoms with E-state index in [9.17, 15) is 4.79 Å². The standard InChI is InChI=1S/C20H27N7O/c1-12(2)20(28)26-7-5-14(6-8-26)17-13(3)18(21)27-19(24-17)16(10-23-27)15-9-22-25(4)11-15/h9-12,14H,5-8,21H2,1-4H3. The number of likely N-dealkylation sites (tertiary alicyclic amines) is 1. The molecule has 1 fully saturated rings. The van der Waals surface area contributed by atoms with Gasteiger partial charge in [-0.3, -0.25) is 9.48 Å². The number of nitrogen functional groups attached to an aromatic ring is 1. The molecule has 2 N–H and O–H groups in total. The van der Waals surface area contributed by atoms with Crippen molar-refractivity contribution in [2.45, 2.75) is 39.5 Å². The lowest BCUT2D eigenvalue weighted by Gasteiger charge is -2.33. The van der Waals surface area contributed by atoms with E-state index in [1.165, 1.54) is 0 Å². The average molecular weight is 381 g/mol. The lowest BCUT2D eigenvalue weighted by atomic mass is 9.90. The zero-order chi connectivity index (χ0) is 20.0. The fraction of sp³-hybridized carbons (Fsp3) is 0.500. The first kappa shape index (κ1) is 18.5. The van der Waals surface area contributed by atoms with Crippen molar-refractivity contribution in [3.63, 3.8) is 0 Å². The van der Waals surface area contributed by atoms with Gasteiger partial charge in [0.25, 0.3) is 0 Å². The van der Waals surface area contributed by atoms with E-state index >= 15 is 0 Å². The Kier molecular flexibility index (Phi) is 4.56. The van der Waals surface area contributed by atoms with E-state index in [-0.39, 0.29) is 11.8 Å². The number of hydrogen-bond donors (Lipinski definition) is 1. The largest absolute Gasteiger partial charge is 0.383 e. The average Bonchev–Trinajstić information content (AvgIpc) is 3.30. The van der Waals surface area contributed by atoms with Crippen molar-refractivity contribution in [2.24, 2.45) is 13.0 Å². The second-order valence-electron chi connectivity index (χ2n) is 7.96. The van der Waals surface area contributed by atoms with Crippen LogP contribution >= 0.6 is 0 Å². The quantitative estimate of drug-likeness (QED) is 0.752. The van der Waals surface area contributed by atoms with Crippen molar-refractivity contribution in [3.8, 4) is 11.1 Å². The highest BCUT2D eigenvalue weighted by Gasteiger charge is 2.28. The van der Waals surface area contributed by atoms with Gasteiger partial charge < -0.3 is 10.6 Å². The second-order valence-corrected chi connectivity index (χ2v) is 7.96. The van der Waals surface area contributed by atoms with Crippen LogP contribution in [0.15, 0.2) is 18.6 Å².